The Bertz CT molecular complexity index is 694. The summed E-state index contributed by atoms with van der Waals surface area (Å²) in [6.07, 6.45) is 0.867. The van der Waals surface area contributed by atoms with E-state index in [4.69, 9.17) is 9.47 Å². The van der Waals surface area contributed by atoms with Crippen LogP contribution in [-0.4, -0.2) is 29.4 Å². The number of hydrogen-bond donors (Lipinski definition) is 2. The van der Waals surface area contributed by atoms with Crippen LogP contribution >= 0.6 is 0 Å². The molecule has 122 valence electrons. The van der Waals surface area contributed by atoms with Crippen molar-refractivity contribution in [1.29, 1.82) is 0 Å². The highest BCUT2D eigenvalue weighted by Gasteiger charge is 2.16. The zero-order chi connectivity index (χ0) is 16.8. The maximum atomic E-state index is 11.3. The van der Waals surface area contributed by atoms with Crippen LogP contribution in [0.15, 0.2) is 36.4 Å². The lowest BCUT2D eigenvalue weighted by Crippen LogP contribution is -2.12. The number of aromatic carboxylic acids is 1. The third-order valence-corrected chi connectivity index (χ3v) is 3.45. The first-order chi connectivity index (χ1) is 11.0. The van der Waals surface area contributed by atoms with E-state index in [1.54, 1.807) is 6.92 Å². The van der Waals surface area contributed by atoms with Crippen LogP contribution in [0.2, 0.25) is 0 Å². The molecule has 2 rings (SSSR count). The first-order valence-electron chi connectivity index (χ1n) is 7.43. The Kier molecular flexibility index (Phi) is 5.46. The van der Waals surface area contributed by atoms with Crippen LogP contribution in [0.1, 0.15) is 28.4 Å². The van der Waals surface area contributed by atoms with Gasteiger partial charge in [0.05, 0.1) is 0 Å². The van der Waals surface area contributed by atoms with E-state index < -0.39 is 5.97 Å². The molecule has 2 aromatic rings. The highest BCUT2D eigenvalue weighted by atomic mass is 16.5. The standard InChI is InChI=1S/C18H20O5/c1-3-13-6-4-5-7-15(13)22-8-9-23-16-11-14(19)10-12(2)17(16)18(20)21/h4-7,10-11,19H,3,8-9H2,1-2H3,(H,20,21). The predicted molar refractivity (Wildman–Crippen MR) is 86.6 cm³/mol. The van der Waals surface area contributed by atoms with Crippen LogP contribution in [0.5, 0.6) is 17.2 Å². The normalized spacial score (nSPS) is 10.3. The summed E-state index contributed by atoms with van der Waals surface area (Å²) in [6.45, 7) is 4.13. The van der Waals surface area contributed by atoms with Gasteiger partial charge in [-0.05, 0) is 36.6 Å². The minimum absolute atomic E-state index is 0.0280. The van der Waals surface area contributed by atoms with Crippen LogP contribution in [0.3, 0.4) is 0 Å². The van der Waals surface area contributed by atoms with Gasteiger partial charge in [0, 0.05) is 6.07 Å². The number of phenols is 1. The lowest BCUT2D eigenvalue weighted by atomic mass is 10.1. The second-order valence-electron chi connectivity index (χ2n) is 5.10. The van der Waals surface area contributed by atoms with Crippen molar-refractivity contribution in [3.05, 3.63) is 53.1 Å². The number of ether oxygens (including phenoxy) is 2. The molecule has 0 aliphatic carbocycles. The highest BCUT2D eigenvalue weighted by Crippen LogP contribution is 2.28. The molecule has 0 saturated carbocycles. The maximum Gasteiger partial charge on any atom is 0.339 e. The van der Waals surface area contributed by atoms with Crippen molar-refractivity contribution in [2.45, 2.75) is 20.3 Å². The van der Waals surface area contributed by atoms with Crippen molar-refractivity contribution in [3.8, 4) is 17.2 Å². The molecule has 0 saturated heterocycles. The Hall–Kier alpha value is -2.69. The van der Waals surface area contributed by atoms with E-state index in [9.17, 15) is 15.0 Å². The van der Waals surface area contributed by atoms with Crippen molar-refractivity contribution in [3.63, 3.8) is 0 Å². The van der Waals surface area contributed by atoms with E-state index in [1.807, 2.05) is 31.2 Å². The lowest BCUT2D eigenvalue weighted by Gasteiger charge is -2.13. The molecule has 0 fully saturated rings. The molecule has 0 radical (unpaired) electrons. The van der Waals surface area contributed by atoms with Gasteiger partial charge in [0.25, 0.3) is 0 Å². The minimum atomic E-state index is -1.09. The van der Waals surface area contributed by atoms with Gasteiger partial charge in [-0.15, -0.1) is 0 Å². The second kappa shape index (κ2) is 7.54. The van der Waals surface area contributed by atoms with Crippen molar-refractivity contribution >= 4 is 5.97 Å². The molecule has 0 bridgehead atoms. The number of rotatable bonds is 7. The van der Waals surface area contributed by atoms with Crippen molar-refractivity contribution < 1.29 is 24.5 Å². The summed E-state index contributed by atoms with van der Waals surface area (Å²) in [4.78, 5) is 11.3. The van der Waals surface area contributed by atoms with Gasteiger partial charge in [0.2, 0.25) is 0 Å². The van der Waals surface area contributed by atoms with Gasteiger partial charge in [-0.2, -0.15) is 0 Å². The number of aryl methyl sites for hydroxylation is 2. The van der Waals surface area contributed by atoms with Gasteiger partial charge >= 0.3 is 5.97 Å². The second-order valence-corrected chi connectivity index (χ2v) is 5.10. The van der Waals surface area contributed by atoms with Crippen molar-refractivity contribution in [2.75, 3.05) is 13.2 Å². The first-order valence-corrected chi connectivity index (χ1v) is 7.43. The van der Waals surface area contributed by atoms with Crippen molar-refractivity contribution in [2.24, 2.45) is 0 Å². The number of aromatic hydroxyl groups is 1. The maximum absolute atomic E-state index is 11.3. The zero-order valence-corrected chi connectivity index (χ0v) is 13.2. The Balaban J connectivity index is 2.00. The fraction of sp³-hybridized carbons (Fsp3) is 0.278. The van der Waals surface area contributed by atoms with Gasteiger partial charge in [-0.3, -0.25) is 0 Å². The predicted octanol–water partition coefficient (Wildman–Crippen LogP) is 3.42. The summed E-state index contributed by atoms with van der Waals surface area (Å²) in [5.74, 6) is -0.180. The Labute approximate surface area is 135 Å². The van der Waals surface area contributed by atoms with E-state index in [2.05, 4.69) is 0 Å². The van der Waals surface area contributed by atoms with E-state index in [1.165, 1.54) is 12.1 Å². The molecule has 0 amide bonds. The molecule has 0 aromatic heterocycles. The Morgan fingerprint density at radius 1 is 1.09 bits per heavy atom. The third-order valence-electron chi connectivity index (χ3n) is 3.45. The number of carboxylic acids is 1. The van der Waals surface area contributed by atoms with E-state index in [0.29, 0.717) is 5.56 Å². The summed E-state index contributed by atoms with van der Waals surface area (Å²) in [7, 11) is 0. The summed E-state index contributed by atoms with van der Waals surface area (Å²) in [6, 6.07) is 10.4. The van der Waals surface area contributed by atoms with Crippen LogP contribution in [0.4, 0.5) is 0 Å². The Morgan fingerprint density at radius 3 is 2.39 bits per heavy atom. The minimum Gasteiger partial charge on any atom is -0.508 e. The molecular formula is C18H20O5. The highest BCUT2D eigenvalue weighted by molar-refractivity contribution is 5.92. The summed E-state index contributed by atoms with van der Waals surface area (Å²) in [5, 5.41) is 18.8. The molecule has 0 aliphatic heterocycles. The average molecular weight is 316 g/mol. The molecule has 2 aromatic carbocycles. The number of benzene rings is 2. The molecule has 5 nitrogen and oxygen atoms in total. The number of carboxylic acid groups (broad SMARTS) is 1. The summed E-state index contributed by atoms with van der Waals surface area (Å²) in [5.41, 5.74) is 1.61. The van der Waals surface area contributed by atoms with Gasteiger partial charge in [-0.25, -0.2) is 4.79 Å². The zero-order valence-electron chi connectivity index (χ0n) is 13.2. The molecule has 0 atom stereocenters. The first kappa shape index (κ1) is 16.7. The van der Waals surface area contributed by atoms with Gasteiger partial charge < -0.3 is 19.7 Å². The van der Waals surface area contributed by atoms with Gasteiger partial charge in [0.1, 0.15) is 36.0 Å². The average Bonchev–Trinajstić information content (AvgIpc) is 2.50. The number of phenolic OH excluding ortho intramolecular Hbond substituents is 1. The molecule has 0 spiro atoms. The molecule has 0 heterocycles. The summed E-state index contributed by atoms with van der Waals surface area (Å²) >= 11 is 0. The van der Waals surface area contributed by atoms with Gasteiger partial charge in [-0.1, -0.05) is 25.1 Å². The summed E-state index contributed by atoms with van der Waals surface area (Å²) < 4.78 is 11.2. The van der Waals surface area contributed by atoms with Crippen LogP contribution in [0, 0.1) is 6.92 Å². The van der Waals surface area contributed by atoms with Crippen LogP contribution in [0.25, 0.3) is 0 Å². The van der Waals surface area contributed by atoms with E-state index >= 15 is 0 Å². The molecule has 23 heavy (non-hydrogen) atoms. The largest absolute Gasteiger partial charge is 0.508 e. The quantitative estimate of drug-likeness (QED) is 0.766. The van der Waals surface area contributed by atoms with Crippen molar-refractivity contribution in [1.82, 2.24) is 0 Å². The Morgan fingerprint density at radius 2 is 1.74 bits per heavy atom. The van der Waals surface area contributed by atoms with Crippen LogP contribution < -0.4 is 9.47 Å². The molecule has 2 N–H and O–H groups in total. The topological polar surface area (TPSA) is 76.0 Å². The smallest absolute Gasteiger partial charge is 0.339 e. The number of para-hydroxylation sites is 1. The molecular weight excluding hydrogens is 296 g/mol. The third kappa shape index (κ3) is 4.16. The molecule has 0 unspecified atom stereocenters. The number of carbonyl (C=O) groups is 1. The fourth-order valence-electron chi connectivity index (χ4n) is 2.36. The SMILES string of the molecule is CCc1ccccc1OCCOc1cc(O)cc(C)c1C(=O)O. The number of hydrogen-bond acceptors (Lipinski definition) is 4. The van der Waals surface area contributed by atoms with Gasteiger partial charge in [0.15, 0.2) is 0 Å². The molecule has 5 heteroatoms. The van der Waals surface area contributed by atoms with E-state index in [-0.39, 0.29) is 30.3 Å². The monoisotopic (exact) mass is 316 g/mol. The lowest BCUT2D eigenvalue weighted by molar-refractivity contribution is 0.0690. The molecule has 0 aliphatic rings. The fourth-order valence-corrected chi connectivity index (χ4v) is 2.36. The van der Waals surface area contributed by atoms with Crippen LogP contribution in [-0.2, 0) is 6.42 Å². The van der Waals surface area contributed by atoms with E-state index in [0.717, 1.165) is 17.7 Å².